The van der Waals surface area contributed by atoms with Crippen LogP contribution in [0.25, 0.3) is 0 Å². The molecular formula is C12H18BrClN2O. The normalized spacial score (nSPS) is 11.5. The van der Waals surface area contributed by atoms with Crippen molar-refractivity contribution in [3.8, 4) is 0 Å². The van der Waals surface area contributed by atoms with Crippen molar-refractivity contribution in [2.75, 3.05) is 5.32 Å². The van der Waals surface area contributed by atoms with Gasteiger partial charge >= 0.3 is 0 Å². The Morgan fingerprint density at radius 2 is 2.18 bits per heavy atom. The number of nitrogens with two attached hydrogens (primary N) is 1. The minimum Gasteiger partial charge on any atom is -0.324 e. The van der Waals surface area contributed by atoms with Crippen LogP contribution in [0.4, 0.5) is 5.69 Å². The number of nitrogens with one attached hydrogen (secondary N) is 1. The first-order chi connectivity index (χ1) is 7.56. The minimum atomic E-state index is -0.427. The van der Waals surface area contributed by atoms with Gasteiger partial charge in [-0.2, -0.15) is 0 Å². The quantitative estimate of drug-likeness (QED) is 0.894. The van der Waals surface area contributed by atoms with Gasteiger partial charge in [0.05, 0.1) is 6.04 Å². The highest BCUT2D eigenvalue weighted by Crippen LogP contribution is 2.23. The molecule has 1 rings (SSSR count). The van der Waals surface area contributed by atoms with E-state index >= 15 is 0 Å². The van der Waals surface area contributed by atoms with E-state index in [9.17, 15) is 4.79 Å². The molecule has 0 radical (unpaired) electrons. The summed E-state index contributed by atoms with van der Waals surface area (Å²) >= 11 is 3.42. The zero-order chi connectivity index (χ0) is 12.1. The Labute approximate surface area is 117 Å². The molecule has 1 atom stereocenters. The largest absolute Gasteiger partial charge is 0.324 e. The summed E-state index contributed by atoms with van der Waals surface area (Å²) in [6.07, 6.45) is 1.62. The van der Waals surface area contributed by atoms with Gasteiger partial charge in [-0.3, -0.25) is 4.79 Å². The monoisotopic (exact) mass is 320 g/mol. The molecule has 0 bridgehead atoms. The van der Waals surface area contributed by atoms with Crippen LogP contribution >= 0.6 is 28.3 Å². The first kappa shape index (κ1) is 16.4. The summed E-state index contributed by atoms with van der Waals surface area (Å²) in [5.41, 5.74) is 7.56. The van der Waals surface area contributed by atoms with Crippen LogP contribution < -0.4 is 11.1 Å². The molecule has 0 saturated carbocycles. The lowest BCUT2D eigenvalue weighted by molar-refractivity contribution is -0.117. The highest BCUT2D eigenvalue weighted by molar-refractivity contribution is 9.10. The molecule has 0 fully saturated rings. The van der Waals surface area contributed by atoms with Crippen molar-refractivity contribution in [1.29, 1.82) is 0 Å². The molecule has 1 unspecified atom stereocenters. The standard InChI is InChI=1S/C12H17BrN2O.ClH/c1-3-5-10(14)12(16)15-11-7-4-6-9(13)8(11)2;/h4,6-7,10H,3,5,14H2,1-2H3,(H,15,16);1H. The third-order valence-corrected chi connectivity index (χ3v) is 3.32. The summed E-state index contributed by atoms with van der Waals surface area (Å²) in [5.74, 6) is -0.122. The number of halogens is 2. The Hall–Kier alpha value is -0.580. The lowest BCUT2D eigenvalue weighted by atomic mass is 10.1. The number of anilines is 1. The molecule has 1 aromatic rings. The molecule has 0 aliphatic heterocycles. The SMILES string of the molecule is CCCC(N)C(=O)Nc1cccc(Br)c1C.Cl. The lowest BCUT2D eigenvalue weighted by Crippen LogP contribution is -2.35. The van der Waals surface area contributed by atoms with E-state index in [1.54, 1.807) is 0 Å². The number of benzene rings is 1. The zero-order valence-corrected chi connectivity index (χ0v) is 12.4. The van der Waals surface area contributed by atoms with Crippen LogP contribution in [0, 0.1) is 6.92 Å². The average molecular weight is 322 g/mol. The third kappa shape index (κ3) is 4.66. The number of carbonyl (C=O) groups excluding carboxylic acids is 1. The summed E-state index contributed by atoms with van der Waals surface area (Å²) in [7, 11) is 0. The highest BCUT2D eigenvalue weighted by atomic mass is 79.9. The van der Waals surface area contributed by atoms with Crippen molar-refractivity contribution in [2.24, 2.45) is 5.73 Å². The number of rotatable bonds is 4. The Morgan fingerprint density at radius 1 is 1.53 bits per heavy atom. The second-order valence-corrected chi connectivity index (χ2v) is 4.65. The summed E-state index contributed by atoms with van der Waals surface area (Å²) < 4.78 is 0.981. The van der Waals surface area contributed by atoms with Crippen LogP contribution in [0.15, 0.2) is 22.7 Å². The van der Waals surface area contributed by atoms with Crippen LogP contribution in [-0.4, -0.2) is 11.9 Å². The van der Waals surface area contributed by atoms with Crippen molar-refractivity contribution in [2.45, 2.75) is 32.7 Å². The predicted octanol–water partition coefficient (Wildman–Crippen LogP) is 3.25. The second-order valence-electron chi connectivity index (χ2n) is 3.80. The van der Waals surface area contributed by atoms with Crippen molar-refractivity contribution >= 4 is 39.9 Å². The summed E-state index contributed by atoms with van der Waals surface area (Å²) in [5, 5.41) is 2.84. The van der Waals surface area contributed by atoms with Gasteiger partial charge < -0.3 is 11.1 Å². The number of hydrogen-bond acceptors (Lipinski definition) is 2. The Kier molecular flexibility index (Phi) is 7.43. The Bertz CT molecular complexity index is 385. The molecule has 3 N–H and O–H groups in total. The van der Waals surface area contributed by atoms with E-state index < -0.39 is 6.04 Å². The first-order valence-electron chi connectivity index (χ1n) is 5.37. The van der Waals surface area contributed by atoms with Gasteiger partial charge in [-0.25, -0.2) is 0 Å². The van der Waals surface area contributed by atoms with Gasteiger partial charge in [0.2, 0.25) is 5.91 Å². The number of hydrogen-bond donors (Lipinski definition) is 2. The van der Waals surface area contributed by atoms with E-state index in [4.69, 9.17) is 5.73 Å². The third-order valence-electron chi connectivity index (χ3n) is 2.46. The summed E-state index contributed by atoms with van der Waals surface area (Å²) in [6.45, 7) is 3.96. The van der Waals surface area contributed by atoms with E-state index in [-0.39, 0.29) is 18.3 Å². The topological polar surface area (TPSA) is 55.1 Å². The second kappa shape index (κ2) is 7.69. The molecule has 3 nitrogen and oxygen atoms in total. The van der Waals surface area contributed by atoms with Gasteiger partial charge in [-0.05, 0) is 31.0 Å². The predicted molar refractivity (Wildman–Crippen MR) is 77.6 cm³/mol. The highest BCUT2D eigenvalue weighted by Gasteiger charge is 2.13. The van der Waals surface area contributed by atoms with Crippen LogP contribution in [0.1, 0.15) is 25.3 Å². The van der Waals surface area contributed by atoms with E-state index in [0.29, 0.717) is 6.42 Å². The number of carbonyl (C=O) groups is 1. The fourth-order valence-electron chi connectivity index (χ4n) is 1.41. The fraction of sp³-hybridized carbons (Fsp3) is 0.417. The van der Waals surface area contributed by atoms with Crippen molar-refractivity contribution in [1.82, 2.24) is 0 Å². The summed E-state index contributed by atoms with van der Waals surface area (Å²) in [6, 6.07) is 5.27. The smallest absolute Gasteiger partial charge is 0.241 e. The van der Waals surface area contributed by atoms with Crippen LogP contribution in [0.5, 0.6) is 0 Å². The van der Waals surface area contributed by atoms with Gasteiger partial charge in [0.1, 0.15) is 0 Å². The Morgan fingerprint density at radius 3 is 2.76 bits per heavy atom. The van der Waals surface area contributed by atoms with Gasteiger partial charge in [0.25, 0.3) is 0 Å². The van der Waals surface area contributed by atoms with Gasteiger partial charge in [0.15, 0.2) is 0 Å². The molecule has 1 aromatic carbocycles. The zero-order valence-electron chi connectivity index (χ0n) is 10.00. The molecule has 5 heteroatoms. The lowest BCUT2D eigenvalue weighted by Gasteiger charge is -2.13. The van der Waals surface area contributed by atoms with Crippen LogP contribution in [0.3, 0.4) is 0 Å². The van der Waals surface area contributed by atoms with Crippen LogP contribution in [-0.2, 0) is 4.79 Å². The summed E-state index contributed by atoms with van der Waals surface area (Å²) in [4.78, 5) is 11.7. The molecule has 0 aliphatic carbocycles. The molecule has 1 amide bonds. The fourth-order valence-corrected chi connectivity index (χ4v) is 1.78. The van der Waals surface area contributed by atoms with Gasteiger partial charge in [0, 0.05) is 10.2 Å². The van der Waals surface area contributed by atoms with E-state index in [0.717, 1.165) is 22.1 Å². The molecule has 0 heterocycles. The maximum absolute atomic E-state index is 11.7. The molecular weight excluding hydrogens is 304 g/mol. The van der Waals surface area contributed by atoms with E-state index in [2.05, 4.69) is 21.2 Å². The molecule has 0 saturated heterocycles. The minimum absolute atomic E-state index is 0. The van der Waals surface area contributed by atoms with Crippen molar-refractivity contribution in [3.63, 3.8) is 0 Å². The average Bonchev–Trinajstić information content (AvgIpc) is 2.25. The first-order valence-corrected chi connectivity index (χ1v) is 6.17. The molecule has 17 heavy (non-hydrogen) atoms. The maximum atomic E-state index is 11.7. The Balaban J connectivity index is 0.00000256. The van der Waals surface area contributed by atoms with Crippen molar-refractivity contribution < 1.29 is 4.79 Å². The molecule has 0 spiro atoms. The maximum Gasteiger partial charge on any atom is 0.241 e. The van der Waals surface area contributed by atoms with E-state index in [1.165, 1.54) is 0 Å². The van der Waals surface area contributed by atoms with Gasteiger partial charge in [-0.1, -0.05) is 35.3 Å². The number of amides is 1. The van der Waals surface area contributed by atoms with Gasteiger partial charge in [-0.15, -0.1) is 12.4 Å². The van der Waals surface area contributed by atoms with E-state index in [1.807, 2.05) is 32.0 Å². The van der Waals surface area contributed by atoms with Crippen molar-refractivity contribution in [3.05, 3.63) is 28.2 Å². The molecule has 0 aromatic heterocycles. The van der Waals surface area contributed by atoms with Crippen LogP contribution in [0.2, 0.25) is 0 Å². The molecule has 0 aliphatic rings. The molecule has 96 valence electrons.